The molecule has 3 atom stereocenters. The Morgan fingerprint density at radius 1 is 1.31 bits per heavy atom. The third-order valence-corrected chi connectivity index (χ3v) is 5.60. The van der Waals surface area contributed by atoms with Gasteiger partial charge in [-0.1, -0.05) is 11.6 Å². The number of nitrogens with zero attached hydrogens (tertiary/aromatic N) is 3. The third-order valence-electron chi connectivity index (χ3n) is 5.29. The molecule has 1 N–H and O–H groups in total. The monoisotopic (exact) mass is 372 g/mol. The van der Waals surface area contributed by atoms with Gasteiger partial charge in [-0.3, -0.25) is 4.79 Å². The van der Waals surface area contributed by atoms with Crippen LogP contribution in [-0.2, 0) is 0 Å². The summed E-state index contributed by atoms with van der Waals surface area (Å²) >= 11 is 6.28. The highest BCUT2D eigenvalue weighted by molar-refractivity contribution is 6.34. The molecule has 0 radical (unpaired) electrons. The highest BCUT2D eigenvalue weighted by Crippen LogP contribution is 2.32. The van der Waals surface area contributed by atoms with Crippen molar-refractivity contribution < 1.29 is 9.53 Å². The van der Waals surface area contributed by atoms with Crippen LogP contribution in [0.5, 0.6) is 5.75 Å². The second-order valence-electron chi connectivity index (χ2n) is 7.09. The molecule has 1 aliphatic carbocycles. The van der Waals surface area contributed by atoms with E-state index in [0.29, 0.717) is 16.3 Å². The number of hydrogen-bond donors (Lipinski definition) is 1. The fraction of sp³-hybridized carbons (Fsp3) is 0.526. The van der Waals surface area contributed by atoms with Crippen LogP contribution in [0.15, 0.2) is 18.2 Å². The number of carbonyl (C=O) groups is 1. The van der Waals surface area contributed by atoms with E-state index in [9.17, 15) is 10.1 Å². The standard InChI is InChI=1S/C19H21ClN4O2/c1-11-5-18(12(2)24(11)10-22)23-19(25)16-4-3-14(8-17(16)20)26-15-6-13(7-15)9-21/h3-4,8,11-13,15,18H,5-7H2,1-2H3,(H,23,25)/t11-,12+,13-,15+,18+/m0/s1. The summed E-state index contributed by atoms with van der Waals surface area (Å²) in [6.45, 7) is 3.91. The van der Waals surface area contributed by atoms with E-state index < -0.39 is 0 Å². The van der Waals surface area contributed by atoms with Crippen LogP contribution in [0.25, 0.3) is 0 Å². The quantitative estimate of drug-likeness (QED) is 0.820. The molecule has 2 fully saturated rings. The molecular weight excluding hydrogens is 352 g/mol. The number of hydrogen-bond acceptors (Lipinski definition) is 5. The summed E-state index contributed by atoms with van der Waals surface area (Å²) in [5, 5.41) is 21.3. The van der Waals surface area contributed by atoms with Crippen LogP contribution in [0.3, 0.4) is 0 Å². The molecule has 1 aromatic carbocycles. The van der Waals surface area contributed by atoms with Crippen LogP contribution in [0.4, 0.5) is 0 Å². The van der Waals surface area contributed by atoms with Gasteiger partial charge in [0.2, 0.25) is 0 Å². The second kappa shape index (κ2) is 7.43. The minimum absolute atomic E-state index is 0.0354. The summed E-state index contributed by atoms with van der Waals surface area (Å²) in [6, 6.07) is 7.19. The van der Waals surface area contributed by atoms with E-state index >= 15 is 0 Å². The maximum absolute atomic E-state index is 12.6. The van der Waals surface area contributed by atoms with Gasteiger partial charge in [-0.25, -0.2) is 0 Å². The zero-order chi connectivity index (χ0) is 18.8. The van der Waals surface area contributed by atoms with Crippen molar-refractivity contribution >= 4 is 17.5 Å². The van der Waals surface area contributed by atoms with E-state index in [4.69, 9.17) is 21.6 Å². The van der Waals surface area contributed by atoms with E-state index in [0.717, 1.165) is 19.3 Å². The SMILES string of the molecule is C[C@@H]1[C@H](NC(=O)c2ccc(O[C@H]3C[C@@H](C#N)C3)cc2Cl)C[C@H](C)N1C#N. The molecule has 26 heavy (non-hydrogen) atoms. The molecule has 1 aromatic rings. The molecule has 1 aliphatic heterocycles. The number of rotatable bonds is 4. The van der Waals surface area contributed by atoms with Gasteiger partial charge in [0.1, 0.15) is 11.9 Å². The number of amides is 1. The topological polar surface area (TPSA) is 89.2 Å². The summed E-state index contributed by atoms with van der Waals surface area (Å²) in [7, 11) is 0. The van der Waals surface area contributed by atoms with Gasteiger partial charge in [0, 0.05) is 18.9 Å². The van der Waals surface area contributed by atoms with Gasteiger partial charge >= 0.3 is 0 Å². The Morgan fingerprint density at radius 3 is 2.62 bits per heavy atom. The smallest absolute Gasteiger partial charge is 0.253 e. The number of halogens is 1. The van der Waals surface area contributed by atoms with Crippen molar-refractivity contribution in [2.75, 3.05) is 0 Å². The summed E-state index contributed by atoms with van der Waals surface area (Å²) in [6.07, 6.45) is 4.39. The van der Waals surface area contributed by atoms with E-state index in [1.165, 1.54) is 0 Å². The third kappa shape index (κ3) is 3.57. The largest absolute Gasteiger partial charge is 0.490 e. The van der Waals surface area contributed by atoms with Gasteiger partial charge in [-0.05, 0) is 38.5 Å². The summed E-state index contributed by atoms with van der Waals surface area (Å²) in [5.41, 5.74) is 0.387. The Kier molecular flexibility index (Phi) is 5.25. The lowest BCUT2D eigenvalue weighted by molar-refractivity contribution is 0.0892. The molecule has 136 valence electrons. The molecule has 0 spiro atoms. The number of ether oxygens (including phenoxy) is 1. The van der Waals surface area contributed by atoms with Gasteiger partial charge in [-0.15, -0.1) is 0 Å². The summed E-state index contributed by atoms with van der Waals surface area (Å²) in [4.78, 5) is 14.3. The lowest BCUT2D eigenvalue weighted by Gasteiger charge is -2.31. The van der Waals surface area contributed by atoms with Crippen molar-refractivity contribution in [2.45, 2.75) is 57.3 Å². The van der Waals surface area contributed by atoms with Crippen molar-refractivity contribution in [1.82, 2.24) is 10.2 Å². The number of carbonyl (C=O) groups excluding carboxylic acids is 1. The van der Waals surface area contributed by atoms with E-state index in [-0.39, 0.29) is 36.1 Å². The van der Waals surface area contributed by atoms with Crippen molar-refractivity contribution in [1.29, 1.82) is 10.5 Å². The van der Waals surface area contributed by atoms with Crippen LogP contribution in [-0.4, -0.2) is 35.0 Å². The molecule has 0 aromatic heterocycles. The molecule has 3 rings (SSSR count). The number of nitriles is 2. The Balaban J connectivity index is 1.62. The normalized spacial score (nSPS) is 30.0. The fourth-order valence-corrected chi connectivity index (χ4v) is 3.86. The minimum Gasteiger partial charge on any atom is -0.490 e. The number of likely N-dealkylation sites (tertiary alicyclic amines) is 1. The van der Waals surface area contributed by atoms with Gasteiger partial charge in [0.25, 0.3) is 5.91 Å². The highest BCUT2D eigenvalue weighted by atomic mass is 35.5. The van der Waals surface area contributed by atoms with Gasteiger partial charge in [0.15, 0.2) is 6.19 Å². The second-order valence-corrected chi connectivity index (χ2v) is 7.50. The molecule has 1 saturated heterocycles. The maximum atomic E-state index is 12.6. The van der Waals surface area contributed by atoms with Crippen LogP contribution >= 0.6 is 11.6 Å². The van der Waals surface area contributed by atoms with Crippen LogP contribution < -0.4 is 10.1 Å². The van der Waals surface area contributed by atoms with E-state index in [1.54, 1.807) is 23.1 Å². The maximum Gasteiger partial charge on any atom is 0.253 e. The van der Waals surface area contributed by atoms with Crippen LogP contribution in [0, 0.1) is 28.7 Å². The van der Waals surface area contributed by atoms with Crippen molar-refractivity contribution in [2.24, 2.45) is 5.92 Å². The highest BCUT2D eigenvalue weighted by Gasteiger charge is 2.37. The van der Waals surface area contributed by atoms with Gasteiger partial charge in [-0.2, -0.15) is 10.5 Å². The summed E-state index contributed by atoms with van der Waals surface area (Å²) in [5.74, 6) is 0.425. The number of benzene rings is 1. The molecule has 0 bridgehead atoms. The van der Waals surface area contributed by atoms with Crippen molar-refractivity contribution in [3.05, 3.63) is 28.8 Å². The minimum atomic E-state index is -0.251. The molecule has 1 heterocycles. The zero-order valence-electron chi connectivity index (χ0n) is 14.8. The lowest BCUT2D eigenvalue weighted by atomic mass is 9.83. The predicted octanol–water partition coefficient (Wildman–Crippen LogP) is 3.08. The van der Waals surface area contributed by atoms with Crippen molar-refractivity contribution in [3.63, 3.8) is 0 Å². The average molecular weight is 373 g/mol. The predicted molar refractivity (Wildman–Crippen MR) is 96.5 cm³/mol. The molecular formula is C19H21ClN4O2. The molecule has 7 heteroatoms. The molecule has 1 amide bonds. The first kappa shape index (κ1) is 18.4. The van der Waals surface area contributed by atoms with E-state index in [1.807, 2.05) is 13.8 Å². The average Bonchev–Trinajstić information content (AvgIpc) is 2.83. The Labute approximate surface area is 158 Å². The Morgan fingerprint density at radius 2 is 2.04 bits per heavy atom. The Hall–Kier alpha value is -2.44. The Bertz CT molecular complexity index is 779. The first-order valence-electron chi connectivity index (χ1n) is 8.77. The summed E-state index contributed by atoms with van der Waals surface area (Å²) < 4.78 is 5.78. The lowest BCUT2D eigenvalue weighted by Crippen LogP contribution is -2.42. The first-order valence-corrected chi connectivity index (χ1v) is 9.15. The molecule has 0 unspecified atom stereocenters. The fourth-order valence-electron chi connectivity index (χ4n) is 3.60. The molecule has 2 aliphatic rings. The molecule has 1 saturated carbocycles. The van der Waals surface area contributed by atoms with E-state index in [2.05, 4.69) is 17.6 Å². The van der Waals surface area contributed by atoms with Crippen LogP contribution in [0.1, 0.15) is 43.5 Å². The van der Waals surface area contributed by atoms with Crippen molar-refractivity contribution in [3.8, 4) is 18.0 Å². The first-order chi connectivity index (χ1) is 12.4. The number of nitrogens with one attached hydrogen (secondary N) is 1. The van der Waals surface area contributed by atoms with Crippen LogP contribution in [0.2, 0.25) is 5.02 Å². The molecule has 6 nitrogen and oxygen atoms in total. The van der Waals surface area contributed by atoms with Gasteiger partial charge < -0.3 is 15.0 Å². The zero-order valence-corrected chi connectivity index (χ0v) is 15.5. The van der Waals surface area contributed by atoms with Gasteiger partial charge in [0.05, 0.1) is 34.7 Å².